The summed E-state index contributed by atoms with van der Waals surface area (Å²) in [6, 6.07) is 18.9. The summed E-state index contributed by atoms with van der Waals surface area (Å²) >= 11 is 0. The van der Waals surface area contributed by atoms with Gasteiger partial charge in [-0.25, -0.2) is 9.97 Å². The Bertz CT molecular complexity index is 986. The lowest BCUT2D eigenvalue weighted by atomic mass is 10.1. The molecule has 0 bridgehead atoms. The number of aryl methyl sites for hydroxylation is 2. The van der Waals surface area contributed by atoms with Crippen LogP contribution in [0, 0.1) is 6.92 Å². The second-order valence-electron chi connectivity index (χ2n) is 6.82. The van der Waals surface area contributed by atoms with Crippen LogP contribution in [0.15, 0.2) is 60.7 Å². The fraction of sp³-hybridized carbons (Fsp3) is 0.217. The standard InChI is InChI=1S/C23H24N4O2/c1-16-15-21(22(29)24-14-6-9-18-7-4-3-5-8-18)27-23(25-16)26-20-12-10-19(11-13-20)17(2)28/h3-5,7-8,10-13,15H,6,9,14H2,1-2H3,(H,24,29)(H,25,26,27). The van der Waals surface area contributed by atoms with Crippen LogP contribution in [-0.4, -0.2) is 28.2 Å². The van der Waals surface area contributed by atoms with Crippen LogP contribution in [0.1, 0.15) is 45.4 Å². The number of ketones is 1. The summed E-state index contributed by atoms with van der Waals surface area (Å²) < 4.78 is 0. The van der Waals surface area contributed by atoms with Crippen LogP contribution in [-0.2, 0) is 6.42 Å². The van der Waals surface area contributed by atoms with E-state index < -0.39 is 0 Å². The van der Waals surface area contributed by atoms with Gasteiger partial charge in [0, 0.05) is 23.5 Å². The predicted molar refractivity (Wildman–Crippen MR) is 114 cm³/mol. The molecule has 3 rings (SSSR count). The molecule has 0 unspecified atom stereocenters. The summed E-state index contributed by atoms with van der Waals surface area (Å²) in [5.41, 5.74) is 3.64. The molecule has 0 atom stereocenters. The third-order valence-electron chi connectivity index (χ3n) is 4.41. The number of anilines is 2. The first kappa shape index (κ1) is 20.2. The van der Waals surface area contributed by atoms with Crippen molar-refractivity contribution in [3.05, 3.63) is 83.2 Å². The lowest BCUT2D eigenvalue weighted by molar-refractivity contribution is 0.0947. The zero-order valence-corrected chi connectivity index (χ0v) is 16.6. The minimum Gasteiger partial charge on any atom is -0.351 e. The second kappa shape index (κ2) is 9.59. The molecule has 6 heteroatoms. The number of carbonyl (C=O) groups excluding carboxylic acids is 2. The van der Waals surface area contributed by atoms with Crippen LogP contribution in [0.5, 0.6) is 0 Å². The summed E-state index contributed by atoms with van der Waals surface area (Å²) in [4.78, 5) is 32.5. The van der Waals surface area contributed by atoms with Crippen LogP contribution in [0.3, 0.4) is 0 Å². The summed E-state index contributed by atoms with van der Waals surface area (Å²) in [5, 5.41) is 5.99. The Hall–Kier alpha value is -3.54. The van der Waals surface area contributed by atoms with Gasteiger partial charge in [0.1, 0.15) is 5.69 Å². The largest absolute Gasteiger partial charge is 0.351 e. The van der Waals surface area contributed by atoms with E-state index in [9.17, 15) is 9.59 Å². The van der Waals surface area contributed by atoms with Crippen molar-refractivity contribution in [3.8, 4) is 0 Å². The van der Waals surface area contributed by atoms with Crippen molar-refractivity contribution >= 4 is 23.3 Å². The number of Topliss-reactive ketones (excluding diaryl/α,β-unsaturated/α-hetero) is 1. The molecule has 0 spiro atoms. The molecule has 2 N–H and O–H groups in total. The molecule has 6 nitrogen and oxygen atoms in total. The zero-order valence-electron chi connectivity index (χ0n) is 16.6. The van der Waals surface area contributed by atoms with E-state index in [-0.39, 0.29) is 11.7 Å². The third-order valence-corrected chi connectivity index (χ3v) is 4.41. The molecule has 0 aliphatic carbocycles. The van der Waals surface area contributed by atoms with Crippen molar-refractivity contribution in [2.45, 2.75) is 26.7 Å². The summed E-state index contributed by atoms with van der Waals surface area (Å²) in [6.07, 6.45) is 1.76. The molecular formula is C23H24N4O2. The molecule has 1 aromatic heterocycles. The number of hydrogen-bond acceptors (Lipinski definition) is 5. The first-order valence-corrected chi connectivity index (χ1v) is 9.57. The maximum absolute atomic E-state index is 12.5. The van der Waals surface area contributed by atoms with Gasteiger partial charge in [0.2, 0.25) is 5.95 Å². The number of amides is 1. The highest BCUT2D eigenvalue weighted by Crippen LogP contribution is 2.15. The van der Waals surface area contributed by atoms with E-state index in [1.807, 2.05) is 25.1 Å². The van der Waals surface area contributed by atoms with Crippen molar-refractivity contribution in [2.75, 3.05) is 11.9 Å². The fourth-order valence-corrected chi connectivity index (χ4v) is 2.89. The van der Waals surface area contributed by atoms with E-state index >= 15 is 0 Å². The van der Waals surface area contributed by atoms with E-state index in [0.717, 1.165) is 18.5 Å². The summed E-state index contributed by atoms with van der Waals surface area (Å²) in [6.45, 7) is 3.92. The van der Waals surface area contributed by atoms with E-state index in [1.54, 1.807) is 30.3 Å². The average molecular weight is 388 g/mol. The molecule has 0 saturated carbocycles. The Morgan fingerprint density at radius 2 is 1.69 bits per heavy atom. The smallest absolute Gasteiger partial charge is 0.270 e. The second-order valence-corrected chi connectivity index (χ2v) is 6.82. The number of carbonyl (C=O) groups is 2. The topological polar surface area (TPSA) is 84.0 Å². The number of nitrogens with zero attached hydrogens (tertiary/aromatic N) is 2. The number of rotatable bonds is 8. The van der Waals surface area contributed by atoms with Crippen molar-refractivity contribution < 1.29 is 9.59 Å². The van der Waals surface area contributed by atoms with E-state index in [1.165, 1.54) is 12.5 Å². The van der Waals surface area contributed by atoms with Gasteiger partial charge in [-0.1, -0.05) is 30.3 Å². The third kappa shape index (κ3) is 5.97. The molecule has 0 saturated heterocycles. The Balaban J connectivity index is 1.58. The van der Waals surface area contributed by atoms with Gasteiger partial charge in [-0.15, -0.1) is 0 Å². The van der Waals surface area contributed by atoms with Crippen molar-refractivity contribution in [2.24, 2.45) is 0 Å². The van der Waals surface area contributed by atoms with Gasteiger partial charge in [-0.05, 0) is 62.6 Å². The van der Waals surface area contributed by atoms with Gasteiger partial charge in [0.15, 0.2) is 5.78 Å². The number of benzene rings is 2. The first-order chi connectivity index (χ1) is 14.0. The number of aromatic nitrogens is 2. The lowest BCUT2D eigenvalue weighted by Crippen LogP contribution is -2.26. The summed E-state index contributed by atoms with van der Waals surface area (Å²) in [5.74, 6) is 0.128. The van der Waals surface area contributed by atoms with Crippen molar-refractivity contribution in [1.82, 2.24) is 15.3 Å². The van der Waals surface area contributed by atoms with Gasteiger partial charge >= 0.3 is 0 Å². The minimum absolute atomic E-state index is 0.00887. The zero-order chi connectivity index (χ0) is 20.6. The van der Waals surface area contributed by atoms with Crippen LogP contribution in [0.2, 0.25) is 0 Å². The van der Waals surface area contributed by atoms with Gasteiger partial charge in [-0.2, -0.15) is 0 Å². The molecule has 3 aromatic rings. The first-order valence-electron chi connectivity index (χ1n) is 9.57. The molecule has 148 valence electrons. The van der Waals surface area contributed by atoms with Crippen molar-refractivity contribution in [3.63, 3.8) is 0 Å². The van der Waals surface area contributed by atoms with Crippen LogP contribution in [0.4, 0.5) is 11.6 Å². The normalized spacial score (nSPS) is 10.4. The Kier molecular flexibility index (Phi) is 6.68. The van der Waals surface area contributed by atoms with Gasteiger partial charge in [0.25, 0.3) is 5.91 Å². The van der Waals surface area contributed by atoms with E-state index in [0.29, 0.717) is 29.4 Å². The number of nitrogens with one attached hydrogen (secondary N) is 2. The van der Waals surface area contributed by atoms with Crippen LogP contribution in [0.25, 0.3) is 0 Å². The van der Waals surface area contributed by atoms with Gasteiger partial charge < -0.3 is 10.6 Å². The lowest BCUT2D eigenvalue weighted by Gasteiger charge is -2.09. The molecular weight excluding hydrogens is 364 g/mol. The van der Waals surface area contributed by atoms with Crippen LogP contribution >= 0.6 is 0 Å². The average Bonchev–Trinajstić information content (AvgIpc) is 2.72. The highest BCUT2D eigenvalue weighted by Gasteiger charge is 2.11. The summed E-state index contributed by atoms with van der Waals surface area (Å²) in [7, 11) is 0. The van der Waals surface area contributed by atoms with Crippen molar-refractivity contribution in [1.29, 1.82) is 0 Å². The van der Waals surface area contributed by atoms with Crippen LogP contribution < -0.4 is 10.6 Å². The molecule has 1 amide bonds. The van der Waals surface area contributed by atoms with Gasteiger partial charge in [-0.3, -0.25) is 9.59 Å². The van der Waals surface area contributed by atoms with E-state index in [4.69, 9.17) is 0 Å². The molecule has 0 radical (unpaired) electrons. The Labute approximate surface area is 170 Å². The highest BCUT2D eigenvalue weighted by atomic mass is 16.1. The number of hydrogen-bond donors (Lipinski definition) is 2. The molecule has 0 fully saturated rings. The quantitative estimate of drug-likeness (QED) is 0.448. The SMILES string of the molecule is CC(=O)c1ccc(Nc2nc(C)cc(C(=O)NCCCc3ccccc3)n2)cc1. The molecule has 2 aromatic carbocycles. The monoisotopic (exact) mass is 388 g/mol. The Morgan fingerprint density at radius 3 is 2.38 bits per heavy atom. The fourth-order valence-electron chi connectivity index (χ4n) is 2.89. The van der Waals surface area contributed by atoms with Gasteiger partial charge in [0.05, 0.1) is 0 Å². The van der Waals surface area contributed by atoms with E-state index in [2.05, 4.69) is 32.7 Å². The molecule has 0 aliphatic heterocycles. The molecule has 0 aliphatic rings. The highest BCUT2D eigenvalue weighted by molar-refractivity contribution is 5.94. The molecule has 1 heterocycles. The predicted octanol–water partition coefficient (Wildman–Crippen LogP) is 4.09. The molecule has 29 heavy (non-hydrogen) atoms. The maximum atomic E-state index is 12.5. The maximum Gasteiger partial charge on any atom is 0.270 e. The Morgan fingerprint density at radius 1 is 0.966 bits per heavy atom. The minimum atomic E-state index is -0.224.